The number of urea groups is 1. The van der Waals surface area contributed by atoms with Gasteiger partial charge in [-0.3, -0.25) is 19.8 Å². The van der Waals surface area contributed by atoms with Crippen molar-refractivity contribution >= 4 is 27.6 Å². The maximum Gasteiger partial charge on any atom is 0.340 e. The number of non-ortho nitro benzene ring substituents is 1. The van der Waals surface area contributed by atoms with E-state index < -0.39 is 32.5 Å². The fourth-order valence-electron chi connectivity index (χ4n) is 2.65. The molecule has 0 spiro atoms. The number of benzene rings is 1. The lowest BCUT2D eigenvalue weighted by Gasteiger charge is -2.33. The largest absolute Gasteiger partial charge is 0.390 e. The predicted molar refractivity (Wildman–Crippen MR) is 94.2 cm³/mol. The van der Waals surface area contributed by atoms with Crippen molar-refractivity contribution < 1.29 is 28.0 Å². The Balaban J connectivity index is 2.20. The SMILES string of the molecule is CC(C)(O)CCCN1C(=O)CCN(S(=O)(=O)c2ccc([N+](=O)[O-])cc2)C1=O. The number of carbonyl (C=O) groups is 2. The van der Waals surface area contributed by atoms with Gasteiger partial charge in [-0.1, -0.05) is 0 Å². The number of nitrogens with zero attached hydrogens (tertiary/aromatic N) is 3. The van der Waals surface area contributed by atoms with Gasteiger partial charge in [0.2, 0.25) is 5.91 Å². The third-order valence-electron chi connectivity index (χ3n) is 4.08. The van der Waals surface area contributed by atoms with Crippen LogP contribution in [0.3, 0.4) is 0 Å². The predicted octanol–water partition coefficient (Wildman–Crippen LogP) is 1.49. The Hall–Kier alpha value is -2.53. The number of rotatable bonds is 7. The zero-order chi connectivity index (χ0) is 20.4. The zero-order valence-electron chi connectivity index (χ0n) is 15.0. The number of hydrogen-bond acceptors (Lipinski definition) is 7. The average molecular weight is 399 g/mol. The first-order valence-electron chi connectivity index (χ1n) is 8.27. The highest BCUT2D eigenvalue weighted by molar-refractivity contribution is 7.89. The fraction of sp³-hybridized carbons (Fsp3) is 0.500. The minimum absolute atomic E-state index is 0.00601. The summed E-state index contributed by atoms with van der Waals surface area (Å²) < 4.78 is 26.0. The quantitative estimate of drug-likeness (QED) is 0.541. The van der Waals surface area contributed by atoms with Crippen LogP contribution in [0.5, 0.6) is 0 Å². The Morgan fingerprint density at radius 1 is 1.22 bits per heavy atom. The Morgan fingerprint density at radius 2 is 1.81 bits per heavy atom. The molecule has 27 heavy (non-hydrogen) atoms. The van der Waals surface area contributed by atoms with E-state index in [0.29, 0.717) is 17.1 Å². The van der Waals surface area contributed by atoms with E-state index in [4.69, 9.17) is 0 Å². The molecule has 0 aromatic heterocycles. The number of sulfonamides is 1. The average Bonchev–Trinajstić information content (AvgIpc) is 2.56. The molecular formula is C16H21N3O7S. The molecule has 1 heterocycles. The molecule has 1 aromatic rings. The van der Waals surface area contributed by atoms with E-state index >= 15 is 0 Å². The smallest absolute Gasteiger partial charge is 0.340 e. The van der Waals surface area contributed by atoms with Crippen molar-refractivity contribution in [3.63, 3.8) is 0 Å². The van der Waals surface area contributed by atoms with Crippen molar-refractivity contribution in [2.24, 2.45) is 0 Å². The van der Waals surface area contributed by atoms with Gasteiger partial charge in [-0.05, 0) is 38.8 Å². The summed E-state index contributed by atoms with van der Waals surface area (Å²) in [7, 11) is -4.25. The van der Waals surface area contributed by atoms with Gasteiger partial charge in [-0.15, -0.1) is 0 Å². The molecule has 3 amide bonds. The lowest BCUT2D eigenvalue weighted by Crippen LogP contribution is -2.54. The van der Waals surface area contributed by atoms with Crippen LogP contribution in [-0.2, 0) is 14.8 Å². The number of nitro benzene ring substituents is 1. The lowest BCUT2D eigenvalue weighted by atomic mass is 10.0. The van der Waals surface area contributed by atoms with E-state index in [0.717, 1.165) is 29.2 Å². The highest BCUT2D eigenvalue weighted by atomic mass is 32.2. The van der Waals surface area contributed by atoms with Gasteiger partial charge < -0.3 is 5.11 Å². The molecule has 0 aliphatic carbocycles. The van der Waals surface area contributed by atoms with Crippen molar-refractivity contribution in [1.29, 1.82) is 0 Å². The van der Waals surface area contributed by atoms with E-state index in [1.807, 2.05) is 0 Å². The fourth-order valence-corrected chi connectivity index (χ4v) is 4.02. The highest BCUT2D eigenvalue weighted by Crippen LogP contribution is 2.24. The van der Waals surface area contributed by atoms with Crippen LogP contribution in [0.25, 0.3) is 0 Å². The van der Waals surface area contributed by atoms with Crippen LogP contribution in [0.1, 0.15) is 33.1 Å². The summed E-state index contributed by atoms with van der Waals surface area (Å²) in [5, 5.41) is 20.4. The number of carbonyl (C=O) groups excluding carboxylic acids is 2. The molecule has 0 radical (unpaired) electrons. The summed E-state index contributed by atoms with van der Waals surface area (Å²) in [6, 6.07) is 3.22. The molecule has 148 valence electrons. The van der Waals surface area contributed by atoms with Gasteiger partial charge in [0.15, 0.2) is 0 Å². The monoisotopic (exact) mass is 399 g/mol. The van der Waals surface area contributed by atoms with Crippen molar-refractivity contribution in [2.45, 2.75) is 43.6 Å². The Bertz CT molecular complexity index is 844. The van der Waals surface area contributed by atoms with E-state index in [9.17, 15) is 33.2 Å². The van der Waals surface area contributed by atoms with Crippen molar-refractivity contribution in [1.82, 2.24) is 9.21 Å². The van der Waals surface area contributed by atoms with Gasteiger partial charge in [0.05, 0.1) is 15.4 Å². The van der Waals surface area contributed by atoms with Crippen LogP contribution in [0.15, 0.2) is 29.2 Å². The molecule has 11 heteroatoms. The molecule has 0 saturated carbocycles. The molecule has 0 bridgehead atoms. The first-order chi connectivity index (χ1) is 12.4. The van der Waals surface area contributed by atoms with Crippen molar-refractivity contribution in [3.8, 4) is 0 Å². The Morgan fingerprint density at radius 3 is 2.33 bits per heavy atom. The molecule has 0 atom stereocenters. The lowest BCUT2D eigenvalue weighted by molar-refractivity contribution is -0.384. The highest BCUT2D eigenvalue weighted by Gasteiger charge is 2.39. The molecule has 1 fully saturated rings. The number of aliphatic hydroxyl groups is 1. The summed E-state index contributed by atoms with van der Waals surface area (Å²) in [6.07, 6.45) is 0.506. The van der Waals surface area contributed by atoms with Crippen LogP contribution >= 0.6 is 0 Å². The topological polar surface area (TPSA) is 138 Å². The Kier molecular flexibility index (Phi) is 5.85. The molecule has 0 unspecified atom stereocenters. The van der Waals surface area contributed by atoms with Crippen molar-refractivity contribution in [2.75, 3.05) is 13.1 Å². The number of nitro groups is 1. The van der Waals surface area contributed by atoms with Crippen LogP contribution in [0, 0.1) is 10.1 Å². The van der Waals surface area contributed by atoms with E-state index in [-0.39, 0.29) is 30.1 Å². The molecule has 1 aromatic carbocycles. The van der Waals surface area contributed by atoms with Gasteiger partial charge in [-0.25, -0.2) is 17.5 Å². The Labute approximate surface area is 156 Å². The molecule has 10 nitrogen and oxygen atoms in total. The minimum atomic E-state index is -4.25. The van der Waals surface area contributed by atoms with Crippen LogP contribution in [-0.4, -0.2) is 58.3 Å². The summed E-state index contributed by atoms with van der Waals surface area (Å²) in [6.45, 7) is 2.89. The van der Waals surface area contributed by atoms with E-state index in [1.54, 1.807) is 13.8 Å². The molecular weight excluding hydrogens is 378 g/mol. The van der Waals surface area contributed by atoms with Gasteiger partial charge in [-0.2, -0.15) is 0 Å². The summed E-state index contributed by atoms with van der Waals surface area (Å²) in [5.74, 6) is -0.481. The number of amides is 3. The van der Waals surface area contributed by atoms with E-state index in [2.05, 4.69) is 0 Å². The van der Waals surface area contributed by atoms with Crippen molar-refractivity contribution in [3.05, 3.63) is 34.4 Å². The number of hydrogen-bond donors (Lipinski definition) is 1. The second kappa shape index (κ2) is 7.61. The second-order valence-corrected chi connectivity index (χ2v) is 8.68. The van der Waals surface area contributed by atoms with Gasteiger partial charge in [0.1, 0.15) is 0 Å². The van der Waals surface area contributed by atoms with Gasteiger partial charge in [0, 0.05) is 31.6 Å². The third kappa shape index (κ3) is 4.80. The molecule has 1 N–H and O–H groups in total. The normalized spacial score (nSPS) is 16.0. The molecule has 1 saturated heterocycles. The van der Waals surface area contributed by atoms with Gasteiger partial charge >= 0.3 is 6.03 Å². The first kappa shape index (κ1) is 20.8. The molecule has 1 aliphatic rings. The van der Waals surface area contributed by atoms with Crippen LogP contribution < -0.4 is 0 Å². The maximum absolute atomic E-state index is 12.7. The third-order valence-corrected chi connectivity index (χ3v) is 5.87. The maximum atomic E-state index is 12.7. The zero-order valence-corrected chi connectivity index (χ0v) is 15.8. The number of imide groups is 1. The summed E-state index contributed by atoms with van der Waals surface area (Å²) in [5.41, 5.74) is -1.24. The van der Waals surface area contributed by atoms with Gasteiger partial charge in [0.25, 0.3) is 15.7 Å². The summed E-state index contributed by atoms with van der Waals surface area (Å²) in [4.78, 5) is 35.2. The standard InChI is InChI=1S/C16H21N3O7S/c1-16(2,22)9-3-10-17-14(20)8-11-18(15(17)21)27(25,26)13-6-4-12(5-7-13)19(23)24/h4-7,22H,3,8-11H2,1-2H3. The molecule has 2 rings (SSSR count). The van der Waals surface area contributed by atoms with Crippen LogP contribution in [0.4, 0.5) is 10.5 Å². The second-order valence-electron chi connectivity index (χ2n) is 6.82. The minimum Gasteiger partial charge on any atom is -0.390 e. The summed E-state index contributed by atoms with van der Waals surface area (Å²) >= 11 is 0. The van der Waals surface area contributed by atoms with Crippen LogP contribution in [0.2, 0.25) is 0 Å². The molecule has 1 aliphatic heterocycles. The first-order valence-corrected chi connectivity index (χ1v) is 9.71. The van der Waals surface area contributed by atoms with E-state index in [1.165, 1.54) is 0 Å².